The van der Waals surface area contributed by atoms with E-state index < -0.39 is 17.6 Å². The number of hydrogen-bond donors (Lipinski definition) is 0. The van der Waals surface area contributed by atoms with Crippen molar-refractivity contribution in [1.29, 1.82) is 0 Å². The zero-order chi connectivity index (χ0) is 23.6. The van der Waals surface area contributed by atoms with Crippen molar-refractivity contribution in [2.45, 2.75) is 32.9 Å². The Hall–Kier alpha value is -3.53. The molecular formula is C23H22BrN5O4. The van der Waals surface area contributed by atoms with Gasteiger partial charge in [0.2, 0.25) is 0 Å². The van der Waals surface area contributed by atoms with E-state index in [9.17, 15) is 9.59 Å². The Bertz CT molecular complexity index is 1230. The fraction of sp³-hybridized carbons (Fsp3) is 0.261. The third-order valence-corrected chi connectivity index (χ3v) is 5.20. The molecule has 3 heterocycles. The number of halogens is 1. The maximum atomic E-state index is 13.7. The second kappa shape index (κ2) is 9.14. The molecule has 2 bridgehead atoms. The number of fused-ring (bicyclic) bond motifs is 5. The number of allylic oxidation sites excluding steroid dienone is 1. The molecule has 0 saturated heterocycles. The van der Waals surface area contributed by atoms with Gasteiger partial charge in [0.25, 0.3) is 5.91 Å². The normalized spacial score (nSPS) is 15.0. The predicted octanol–water partition coefficient (Wildman–Crippen LogP) is 4.63. The molecule has 2 aromatic heterocycles. The number of hydrogen-bond acceptors (Lipinski definition) is 7. The van der Waals surface area contributed by atoms with Gasteiger partial charge in [-0.15, -0.1) is 10.2 Å². The molecule has 0 N–H and O–H groups in total. The van der Waals surface area contributed by atoms with Crippen LogP contribution in [-0.4, -0.2) is 44.0 Å². The van der Waals surface area contributed by atoms with Gasteiger partial charge in [0, 0.05) is 6.54 Å². The Morgan fingerprint density at radius 1 is 1.15 bits per heavy atom. The van der Waals surface area contributed by atoms with Crippen LogP contribution in [0.15, 0.2) is 59.4 Å². The van der Waals surface area contributed by atoms with E-state index in [-0.39, 0.29) is 18.0 Å². The molecule has 170 valence electrons. The van der Waals surface area contributed by atoms with Crippen molar-refractivity contribution < 1.29 is 19.1 Å². The highest BCUT2D eigenvalue weighted by Gasteiger charge is 2.33. The minimum Gasteiger partial charge on any atom is -0.488 e. The minimum atomic E-state index is -0.850. The molecular weight excluding hydrogens is 490 g/mol. The first-order valence-corrected chi connectivity index (χ1v) is 11.0. The molecule has 0 atom stereocenters. The number of rotatable bonds is 0. The van der Waals surface area contributed by atoms with Gasteiger partial charge >= 0.3 is 6.09 Å². The molecule has 0 unspecified atom stereocenters. The number of amides is 2. The summed E-state index contributed by atoms with van der Waals surface area (Å²) in [5.41, 5.74) is -0.172. The zero-order valence-corrected chi connectivity index (χ0v) is 19.9. The third kappa shape index (κ3) is 4.95. The van der Waals surface area contributed by atoms with Crippen LogP contribution in [0.25, 0.3) is 11.5 Å². The summed E-state index contributed by atoms with van der Waals surface area (Å²) >= 11 is 3.44. The second-order valence-electron chi connectivity index (χ2n) is 8.21. The number of pyridine rings is 1. The number of nitrogens with zero attached hydrogens (tertiary/aromatic N) is 5. The molecule has 2 amide bonds. The smallest absolute Gasteiger partial charge is 0.423 e. The van der Waals surface area contributed by atoms with Gasteiger partial charge in [0.1, 0.15) is 35.8 Å². The monoisotopic (exact) mass is 511 g/mol. The van der Waals surface area contributed by atoms with Gasteiger partial charge in [-0.25, -0.2) is 9.78 Å². The molecule has 1 aliphatic heterocycles. The van der Waals surface area contributed by atoms with Crippen LogP contribution in [0, 0.1) is 0 Å². The van der Waals surface area contributed by atoms with E-state index in [1.165, 1.54) is 0 Å². The Morgan fingerprint density at radius 2 is 1.94 bits per heavy atom. The number of para-hydroxylation sites is 1. The van der Waals surface area contributed by atoms with E-state index in [0.717, 1.165) is 4.90 Å². The van der Waals surface area contributed by atoms with Crippen LogP contribution in [0.3, 0.4) is 0 Å². The number of benzene rings is 1. The van der Waals surface area contributed by atoms with E-state index in [1.54, 1.807) is 68.1 Å². The Morgan fingerprint density at radius 3 is 2.73 bits per heavy atom. The van der Waals surface area contributed by atoms with E-state index in [2.05, 4.69) is 31.1 Å². The number of imide groups is 1. The number of carbonyl (C=O) groups is 2. The standard InChI is InChI=1S/C23H22BrN5O4/c1-23(2,3)33-22(31)29-18-11-7-10-17(26-18)20-27-25-14-28(20)12-4-5-13-32-19-15(21(29)30)8-6-9-16(19)24/h4-11,14H,12-13H2,1-3H3/b5-4+. The fourth-order valence-corrected chi connectivity index (χ4v) is 3.66. The summed E-state index contributed by atoms with van der Waals surface area (Å²) in [6, 6.07) is 10.1. The van der Waals surface area contributed by atoms with Gasteiger partial charge in [0.15, 0.2) is 5.82 Å². The molecule has 1 aliphatic rings. The molecule has 10 heteroatoms. The van der Waals surface area contributed by atoms with E-state index >= 15 is 0 Å². The highest BCUT2D eigenvalue weighted by Crippen LogP contribution is 2.32. The van der Waals surface area contributed by atoms with Crippen molar-refractivity contribution >= 4 is 33.7 Å². The molecule has 3 aromatic rings. The highest BCUT2D eigenvalue weighted by atomic mass is 79.9. The largest absolute Gasteiger partial charge is 0.488 e. The average molecular weight is 512 g/mol. The van der Waals surface area contributed by atoms with Gasteiger partial charge in [0.05, 0.1) is 10.0 Å². The molecule has 9 nitrogen and oxygen atoms in total. The quantitative estimate of drug-likeness (QED) is 0.405. The summed E-state index contributed by atoms with van der Waals surface area (Å²) in [5, 5.41) is 8.13. The lowest BCUT2D eigenvalue weighted by Crippen LogP contribution is -2.41. The van der Waals surface area contributed by atoms with E-state index in [1.807, 2.05) is 12.2 Å². The SMILES string of the molecule is CC(C)(C)OC(=O)N1C(=O)c2cccc(Br)c2OC/C=C/Cn2cnnc2-c2cccc1n2. The van der Waals surface area contributed by atoms with Crippen LogP contribution in [0.2, 0.25) is 0 Å². The Balaban J connectivity index is 1.90. The van der Waals surface area contributed by atoms with Gasteiger partial charge in [-0.05, 0) is 67.0 Å². The van der Waals surface area contributed by atoms with Crippen LogP contribution in [0.4, 0.5) is 10.6 Å². The summed E-state index contributed by atoms with van der Waals surface area (Å²) in [6.45, 7) is 5.90. The molecule has 0 aliphatic carbocycles. The fourth-order valence-electron chi connectivity index (χ4n) is 3.18. The van der Waals surface area contributed by atoms with Crippen LogP contribution in [0.1, 0.15) is 31.1 Å². The van der Waals surface area contributed by atoms with E-state index in [4.69, 9.17) is 9.47 Å². The van der Waals surface area contributed by atoms with E-state index in [0.29, 0.717) is 28.3 Å². The topological polar surface area (TPSA) is 99.4 Å². The minimum absolute atomic E-state index is 0.0971. The molecule has 0 radical (unpaired) electrons. The van der Waals surface area contributed by atoms with Crippen molar-refractivity contribution in [3.05, 3.63) is 64.9 Å². The number of ether oxygens (including phenoxy) is 2. The van der Waals surface area contributed by atoms with Crippen LogP contribution < -0.4 is 9.64 Å². The lowest BCUT2D eigenvalue weighted by Gasteiger charge is -2.26. The Kier molecular flexibility index (Phi) is 6.28. The van der Waals surface area contributed by atoms with Crippen LogP contribution in [0.5, 0.6) is 5.75 Å². The second-order valence-corrected chi connectivity index (χ2v) is 9.06. The maximum absolute atomic E-state index is 13.7. The van der Waals surface area contributed by atoms with Gasteiger partial charge in [-0.1, -0.05) is 18.2 Å². The summed E-state index contributed by atoms with van der Waals surface area (Å²) < 4.78 is 13.8. The number of aromatic nitrogens is 4. The number of anilines is 1. The Labute approximate surface area is 199 Å². The van der Waals surface area contributed by atoms with Gasteiger partial charge < -0.3 is 14.0 Å². The first kappa shape index (κ1) is 22.7. The van der Waals surface area contributed by atoms with Crippen LogP contribution in [-0.2, 0) is 11.3 Å². The molecule has 0 spiro atoms. The first-order chi connectivity index (χ1) is 15.7. The lowest BCUT2D eigenvalue weighted by molar-refractivity contribution is 0.0562. The van der Waals surface area contributed by atoms with Crippen molar-refractivity contribution in [2.24, 2.45) is 0 Å². The summed E-state index contributed by atoms with van der Waals surface area (Å²) in [5.74, 6) is 0.283. The summed E-state index contributed by atoms with van der Waals surface area (Å²) in [6.07, 6.45) is 4.48. The lowest BCUT2D eigenvalue weighted by atomic mass is 10.1. The van der Waals surface area contributed by atoms with Crippen molar-refractivity contribution in [3.8, 4) is 17.3 Å². The predicted molar refractivity (Wildman–Crippen MR) is 125 cm³/mol. The number of carbonyl (C=O) groups excluding carboxylic acids is 2. The highest BCUT2D eigenvalue weighted by molar-refractivity contribution is 9.10. The van der Waals surface area contributed by atoms with Crippen molar-refractivity contribution in [2.75, 3.05) is 11.5 Å². The first-order valence-electron chi connectivity index (χ1n) is 10.2. The summed E-state index contributed by atoms with van der Waals surface area (Å²) in [7, 11) is 0. The molecule has 33 heavy (non-hydrogen) atoms. The summed E-state index contributed by atoms with van der Waals surface area (Å²) in [4.78, 5) is 32.4. The van der Waals surface area contributed by atoms with Crippen molar-refractivity contribution in [3.63, 3.8) is 0 Å². The molecule has 4 rings (SSSR count). The van der Waals surface area contributed by atoms with Crippen molar-refractivity contribution in [1.82, 2.24) is 19.7 Å². The van der Waals surface area contributed by atoms with Gasteiger partial charge in [-0.2, -0.15) is 4.90 Å². The van der Waals surface area contributed by atoms with Crippen LogP contribution >= 0.6 is 15.9 Å². The zero-order valence-electron chi connectivity index (χ0n) is 18.4. The maximum Gasteiger partial charge on any atom is 0.423 e. The van der Waals surface area contributed by atoms with Gasteiger partial charge in [-0.3, -0.25) is 4.79 Å². The molecule has 0 saturated carbocycles. The molecule has 0 fully saturated rings. The average Bonchev–Trinajstić information content (AvgIpc) is 3.21. The molecule has 1 aromatic carbocycles. The third-order valence-electron chi connectivity index (χ3n) is 4.58.